The van der Waals surface area contributed by atoms with Crippen molar-refractivity contribution in [1.29, 1.82) is 0 Å². The number of ether oxygens (including phenoxy) is 1. The molecule has 0 rings (SSSR count). The molecule has 1 atom stereocenters. The van der Waals surface area contributed by atoms with Gasteiger partial charge in [0.1, 0.15) is 0 Å². The molecule has 0 aliphatic heterocycles. The second kappa shape index (κ2) is 17.3. The molecule has 23 heavy (non-hydrogen) atoms. The molecule has 3 heteroatoms. The summed E-state index contributed by atoms with van der Waals surface area (Å²) < 4.78 is 5.17. The maximum absolute atomic E-state index is 11.4. The minimum Gasteiger partial charge on any atom is -0.465 e. The maximum Gasteiger partial charge on any atom is 0.305 e. The van der Waals surface area contributed by atoms with Gasteiger partial charge in [-0.15, -0.1) is 0 Å². The van der Waals surface area contributed by atoms with E-state index in [2.05, 4.69) is 38.2 Å². The fraction of sp³-hybridized carbons (Fsp3) is 0.750. The summed E-state index contributed by atoms with van der Waals surface area (Å²) in [5.41, 5.74) is 0. The van der Waals surface area contributed by atoms with Crippen molar-refractivity contribution < 1.29 is 14.6 Å². The van der Waals surface area contributed by atoms with Crippen molar-refractivity contribution in [2.45, 2.75) is 78.1 Å². The molecule has 0 bridgehead atoms. The van der Waals surface area contributed by atoms with E-state index in [-0.39, 0.29) is 12.6 Å². The standard InChI is InChI=1S/C20H36O3/c1-3-5-6-7-8-14-19(13-4-2)15-10-12-18-23-20(22)16-9-11-17-21/h8,10,14-15,19,21H,3-7,9,11-13,16-18H2,1-2H3/b14-8-,15-10-/t19-/m1/s1. The van der Waals surface area contributed by atoms with E-state index in [1.54, 1.807) is 0 Å². The highest BCUT2D eigenvalue weighted by atomic mass is 16.5. The number of hydrogen-bond acceptors (Lipinski definition) is 3. The second-order valence-electron chi connectivity index (χ2n) is 5.99. The van der Waals surface area contributed by atoms with Gasteiger partial charge >= 0.3 is 5.97 Å². The zero-order valence-corrected chi connectivity index (χ0v) is 15.1. The Bertz CT molecular complexity index is 321. The fourth-order valence-corrected chi connectivity index (χ4v) is 2.34. The van der Waals surface area contributed by atoms with Crippen molar-refractivity contribution in [3.63, 3.8) is 0 Å². The van der Waals surface area contributed by atoms with Crippen LogP contribution in [0.5, 0.6) is 0 Å². The number of carbonyl (C=O) groups excluding carboxylic acids is 1. The molecule has 0 unspecified atom stereocenters. The van der Waals surface area contributed by atoms with Crippen LogP contribution in [0.15, 0.2) is 24.3 Å². The minimum absolute atomic E-state index is 0.140. The van der Waals surface area contributed by atoms with E-state index in [1.807, 2.05) is 0 Å². The Labute approximate surface area is 142 Å². The van der Waals surface area contributed by atoms with Gasteiger partial charge in [0, 0.05) is 13.0 Å². The third kappa shape index (κ3) is 15.6. The Balaban J connectivity index is 3.86. The summed E-state index contributed by atoms with van der Waals surface area (Å²) in [5.74, 6) is 0.342. The minimum atomic E-state index is -0.159. The lowest BCUT2D eigenvalue weighted by molar-refractivity contribution is -0.143. The Morgan fingerprint density at radius 2 is 1.74 bits per heavy atom. The molecule has 0 spiro atoms. The van der Waals surface area contributed by atoms with Crippen LogP contribution in [-0.4, -0.2) is 24.3 Å². The van der Waals surface area contributed by atoms with Crippen LogP contribution >= 0.6 is 0 Å². The molecule has 0 aromatic rings. The highest BCUT2D eigenvalue weighted by Gasteiger charge is 2.01. The van der Waals surface area contributed by atoms with Crippen molar-refractivity contribution >= 4 is 5.97 Å². The Kier molecular flexibility index (Phi) is 16.4. The molecule has 134 valence electrons. The van der Waals surface area contributed by atoms with Gasteiger partial charge < -0.3 is 9.84 Å². The summed E-state index contributed by atoms with van der Waals surface area (Å²) in [6.45, 7) is 5.03. The summed E-state index contributed by atoms with van der Waals surface area (Å²) in [6.07, 6.45) is 18.9. The zero-order chi connectivity index (χ0) is 17.2. The monoisotopic (exact) mass is 324 g/mol. The zero-order valence-electron chi connectivity index (χ0n) is 15.1. The molecule has 0 saturated heterocycles. The Morgan fingerprint density at radius 1 is 1.00 bits per heavy atom. The van der Waals surface area contributed by atoms with Crippen LogP contribution < -0.4 is 0 Å². The number of esters is 1. The normalized spacial score (nSPS) is 13.0. The number of carbonyl (C=O) groups is 1. The second-order valence-corrected chi connectivity index (χ2v) is 5.99. The summed E-state index contributed by atoms with van der Waals surface area (Å²) in [4.78, 5) is 11.4. The number of unbranched alkanes of at least 4 members (excludes halogenated alkanes) is 4. The van der Waals surface area contributed by atoms with Gasteiger partial charge in [-0.25, -0.2) is 0 Å². The lowest BCUT2D eigenvalue weighted by atomic mass is 10.0. The van der Waals surface area contributed by atoms with Crippen LogP contribution in [0.3, 0.4) is 0 Å². The van der Waals surface area contributed by atoms with Crippen molar-refractivity contribution in [3.8, 4) is 0 Å². The van der Waals surface area contributed by atoms with Gasteiger partial charge in [-0.05, 0) is 44.4 Å². The first-order valence-electron chi connectivity index (χ1n) is 9.34. The summed E-state index contributed by atoms with van der Waals surface area (Å²) in [5, 5.41) is 8.66. The first-order valence-corrected chi connectivity index (χ1v) is 9.34. The smallest absolute Gasteiger partial charge is 0.305 e. The average Bonchev–Trinajstić information content (AvgIpc) is 2.54. The summed E-state index contributed by atoms with van der Waals surface area (Å²) >= 11 is 0. The van der Waals surface area contributed by atoms with Crippen LogP contribution in [0.1, 0.15) is 78.1 Å². The van der Waals surface area contributed by atoms with Gasteiger partial charge in [0.2, 0.25) is 0 Å². The van der Waals surface area contributed by atoms with Crippen molar-refractivity contribution in [1.82, 2.24) is 0 Å². The van der Waals surface area contributed by atoms with Crippen molar-refractivity contribution in [2.75, 3.05) is 13.2 Å². The lowest BCUT2D eigenvalue weighted by Crippen LogP contribution is -2.05. The predicted octanol–water partition coefficient (Wildman–Crippen LogP) is 5.19. The summed E-state index contributed by atoms with van der Waals surface area (Å²) in [7, 11) is 0. The van der Waals surface area contributed by atoms with Crippen molar-refractivity contribution in [2.24, 2.45) is 5.92 Å². The van der Waals surface area contributed by atoms with Gasteiger partial charge in [0.05, 0.1) is 6.61 Å². The van der Waals surface area contributed by atoms with Crippen LogP contribution in [0, 0.1) is 5.92 Å². The molecule has 0 aromatic heterocycles. The molecule has 0 fully saturated rings. The average molecular weight is 325 g/mol. The molecule has 0 amide bonds. The number of rotatable bonds is 15. The number of aliphatic hydroxyl groups is 1. The molecule has 0 radical (unpaired) electrons. The molecule has 3 nitrogen and oxygen atoms in total. The lowest BCUT2D eigenvalue weighted by Gasteiger charge is -2.06. The van der Waals surface area contributed by atoms with E-state index >= 15 is 0 Å². The molecular formula is C20H36O3. The molecule has 0 aromatic carbocycles. The van der Waals surface area contributed by atoms with Gasteiger partial charge in [-0.3, -0.25) is 4.79 Å². The van der Waals surface area contributed by atoms with E-state index in [9.17, 15) is 4.79 Å². The van der Waals surface area contributed by atoms with Crippen LogP contribution in [0.2, 0.25) is 0 Å². The molecular weight excluding hydrogens is 288 g/mol. The van der Waals surface area contributed by atoms with E-state index in [4.69, 9.17) is 9.84 Å². The maximum atomic E-state index is 11.4. The van der Waals surface area contributed by atoms with Crippen LogP contribution in [-0.2, 0) is 9.53 Å². The third-order valence-electron chi connectivity index (χ3n) is 3.70. The van der Waals surface area contributed by atoms with Crippen molar-refractivity contribution in [3.05, 3.63) is 24.3 Å². The quantitative estimate of drug-likeness (QED) is 0.256. The summed E-state index contributed by atoms with van der Waals surface area (Å²) in [6, 6.07) is 0. The highest BCUT2D eigenvalue weighted by Crippen LogP contribution is 2.12. The van der Waals surface area contributed by atoms with E-state index in [0.29, 0.717) is 31.8 Å². The van der Waals surface area contributed by atoms with E-state index in [0.717, 1.165) is 6.42 Å². The molecule has 0 aliphatic carbocycles. The first-order chi connectivity index (χ1) is 11.2. The Morgan fingerprint density at radius 3 is 2.39 bits per heavy atom. The number of aliphatic hydroxyl groups excluding tert-OH is 1. The van der Waals surface area contributed by atoms with Gasteiger partial charge in [-0.2, -0.15) is 0 Å². The van der Waals surface area contributed by atoms with Gasteiger partial charge in [0.25, 0.3) is 0 Å². The SMILES string of the molecule is CCCCC/C=C\[C@H](/C=C\CCOC(=O)CCCCO)CCC. The number of hydrogen-bond donors (Lipinski definition) is 1. The molecule has 0 saturated carbocycles. The topological polar surface area (TPSA) is 46.5 Å². The Hall–Kier alpha value is -1.09. The largest absolute Gasteiger partial charge is 0.465 e. The highest BCUT2D eigenvalue weighted by molar-refractivity contribution is 5.69. The molecule has 1 N–H and O–H groups in total. The third-order valence-corrected chi connectivity index (χ3v) is 3.70. The molecule has 0 aliphatic rings. The molecule has 0 heterocycles. The fourth-order valence-electron chi connectivity index (χ4n) is 2.34. The predicted molar refractivity (Wildman–Crippen MR) is 97.3 cm³/mol. The van der Waals surface area contributed by atoms with E-state index in [1.165, 1.54) is 38.5 Å². The van der Waals surface area contributed by atoms with E-state index < -0.39 is 0 Å². The first kappa shape index (κ1) is 21.9. The van der Waals surface area contributed by atoms with Crippen LogP contribution in [0.25, 0.3) is 0 Å². The number of allylic oxidation sites excluding steroid dienone is 3. The van der Waals surface area contributed by atoms with Gasteiger partial charge in [-0.1, -0.05) is 57.4 Å². The van der Waals surface area contributed by atoms with Crippen LogP contribution in [0.4, 0.5) is 0 Å². The van der Waals surface area contributed by atoms with Gasteiger partial charge in [0.15, 0.2) is 0 Å².